The van der Waals surface area contributed by atoms with Crippen LogP contribution in [0.3, 0.4) is 0 Å². The van der Waals surface area contributed by atoms with Crippen molar-refractivity contribution in [1.29, 1.82) is 0 Å². The lowest BCUT2D eigenvalue weighted by Gasteiger charge is -2.13. The van der Waals surface area contributed by atoms with E-state index >= 15 is 0 Å². The second-order valence-electron chi connectivity index (χ2n) is 7.01. The molecule has 1 amide bonds. The Kier molecular flexibility index (Phi) is 6.31. The van der Waals surface area contributed by atoms with Gasteiger partial charge in [-0.15, -0.1) is 10.2 Å². The summed E-state index contributed by atoms with van der Waals surface area (Å²) < 4.78 is 18.5. The maximum atomic E-state index is 12.7. The summed E-state index contributed by atoms with van der Waals surface area (Å²) in [7, 11) is 0. The van der Waals surface area contributed by atoms with Gasteiger partial charge >= 0.3 is 0 Å². The average Bonchev–Trinajstić information content (AvgIpc) is 3.39. The molecule has 0 saturated heterocycles. The Bertz CT molecular complexity index is 1090. The quantitative estimate of drug-likeness (QED) is 0.529. The van der Waals surface area contributed by atoms with Crippen LogP contribution < -0.4 is 19.5 Å². The SMILES string of the molecule is CCn1c(COc2ccccc2C)nnc1S[C@H](C)C(=O)Nc1ccc2c(c1)OCO2. The van der Waals surface area contributed by atoms with Crippen LogP contribution in [0.5, 0.6) is 17.2 Å². The van der Waals surface area contributed by atoms with Gasteiger partial charge in [-0.3, -0.25) is 4.79 Å². The Morgan fingerprint density at radius 2 is 2.03 bits per heavy atom. The molecule has 0 aliphatic carbocycles. The van der Waals surface area contributed by atoms with Gasteiger partial charge in [0.15, 0.2) is 22.5 Å². The summed E-state index contributed by atoms with van der Waals surface area (Å²) in [5.74, 6) is 2.71. The van der Waals surface area contributed by atoms with Crippen LogP contribution in [0.2, 0.25) is 0 Å². The van der Waals surface area contributed by atoms with Crippen LogP contribution in [-0.2, 0) is 17.9 Å². The maximum absolute atomic E-state index is 12.7. The maximum Gasteiger partial charge on any atom is 0.237 e. The molecule has 0 saturated carbocycles. The topological polar surface area (TPSA) is 87.5 Å². The fourth-order valence-corrected chi connectivity index (χ4v) is 4.05. The van der Waals surface area contributed by atoms with Crippen LogP contribution in [0.4, 0.5) is 5.69 Å². The van der Waals surface area contributed by atoms with Gasteiger partial charge in [-0.1, -0.05) is 30.0 Å². The van der Waals surface area contributed by atoms with Gasteiger partial charge in [0.05, 0.1) is 5.25 Å². The molecule has 1 N–H and O–H groups in total. The molecule has 0 fully saturated rings. The highest BCUT2D eigenvalue weighted by Gasteiger charge is 2.21. The molecule has 162 valence electrons. The molecule has 1 atom stereocenters. The average molecular weight is 441 g/mol. The standard InChI is InChI=1S/C22H24N4O4S/c1-4-26-20(12-28-17-8-6-5-7-14(17)2)24-25-22(26)31-15(3)21(27)23-16-9-10-18-19(11-16)30-13-29-18/h5-11,15H,4,12-13H2,1-3H3,(H,23,27)/t15-/m1/s1. The van der Waals surface area contributed by atoms with Crippen LogP contribution in [0.25, 0.3) is 0 Å². The van der Waals surface area contributed by atoms with Crippen LogP contribution in [0.1, 0.15) is 25.2 Å². The number of hydrogen-bond acceptors (Lipinski definition) is 7. The van der Waals surface area contributed by atoms with E-state index < -0.39 is 0 Å². The van der Waals surface area contributed by atoms with Gasteiger partial charge in [-0.25, -0.2) is 0 Å². The molecule has 4 rings (SSSR count). The van der Waals surface area contributed by atoms with E-state index in [1.54, 1.807) is 18.2 Å². The molecule has 1 aliphatic rings. The third-order valence-electron chi connectivity index (χ3n) is 4.85. The van der Waals surface area contributed by atoms with Gasteiger partial charge in [0.25, 0.3) is 0 Å². The Morgan fingerprint density at radius 3 is 2.84 bits per heavy atom. The summed E-state index contributed by atoms with van der Waals surface area (Å²) in [6, 6.07) is 13.2. The van der Waals surface area contributed by atoms with Crippen molar-refractivity contribution in [3.05, 3.63) is 53.9 Å². The lowest BCUT2D eigenvalue weighted by atomic mass is 10.2. The number of carbonyl (C=O) groups excluding carboxylic acids is 1. The molecule has 31 heavy (non-hydrogen) atoms. The molecule has 1 aliphatic heterocycles. The van der Waals surface area contributed by atoms with E-state index in [9.17, 15) is 4.79 Å². The van der Waals surface area contributed by atoms with Crippen LogP contribution in [0, 0.1) is 6.92 Å². The van der Waals surface area contributed by atoms with Gasteiger partial charge in [0.1, 0.15) is 12.4 Å². The molecule has 3 aromatic rings. The van der Waals surface area contributed by atoms with Crippen molar-refractivity contribution in [2.24, 2.45) is 0 Å². The van der Waals surface area contributed by atoms with E-state index in [1.165, 1.54) is 11.8 Å². The van der Waals surface area contributed by atoms with Gasteiger partial charge in [-0.05, 0) is 44.5 Å². The Labute approximate surface area is 184 Å². The molecule has 0 bridgehead atoms. The van der Waals surface area contributed by atoms with Crippen molar-refractivity contribution < 1.29 is 19.0 Å². The fraction of sp³-hybridized carbons (Fsp3) is 0.318. The molecule has 2 aromatic carbocycles. The molecule has 9 heteroatoms. The number of anilines is 1. The molecule has 8 nitrogen and oxygen atoms in total. The van der Waals surface area contributed by atoms with Gasteiger partial charge < -0.3 is 24.1 Å². The largest absolute Gasteiger partial charge is 0.485 e. The molecule has 1 aromatic heterocycles. The van der Waals surface area contributed by atoms with Crippen molar-refractivity contribution in [3.63, 3.8) is 0 Å². The summed E-state index contributed by atoms with van der Waals surface area (Å²) in [6.07, 6.45) is 0. The number of aromatic nitrogens is 3. The number of benzene rings is 2. The summed E-state index contributed by atoms with van der Waals surface area (Å²) in [5.41, 5.74) is 1.72. The Balaban J connectivity index is 1.39. The first-order chi connectivity index (χ1) is 15.0. The summed E-state index contributed by atoms with van der Waals surface area (Å²) in [4.78, 5) is 12.7. The zero-order valence-electron chi connectivity index (χ0n) is 17.6. The van der Waals surface area contributed by atoms with Crippen molar-refractivity contribution in [1.82, 2.24) is 14.8 Å². The van der Waals surface area contributed by atoms with Gasteiger partial charge in [0.2, 0.25) is 12.7 Å². The number of fused-ring (bicyclic) bond motifs is 1. The molecule has 0 spiro atoms. The first-order valence-electron chi connectivity index (χ1n) is 10.0. The zero-order chi connectivity index (χ0) is 21.8. The first kappa shape index (κ1) is 21.0. The van der Waals surface area contributed by atoms with E-state index in [0.717, 1.165) is 17.1 Å². The highest BCUT2D eigenvalue weighted by molar-refractivity contribution is 8.00. The van der Waals surface area contributed by atoms with Crippen molar-refractivity contribution in [2.45, 2.75) is 44.3 Å². The number of amides is 1. The van der Waals surface area contributed by atoms with E-state index in [0.29, 0.717) is 35.5 Å². The van der Waals surface area contributed by atoms with E-state index in [2.05, 4.69) is 15.5 Å². The smallest absolute Gasteiger partial charge is 0.237 e. The lowest BCUT2D eigenvalue weighted by molar-refractivity contribution is -0.115. The van der Waals surface area contributed by atoms with Crippen molar-refractivity contribution in [3.8, 4) is 17.2 Å². The van der Waals surface area contributed by atoms with Crippen LogP contribution in [-0.4, -0.2) is 32.7 Å². The minimum absolute atomic E-state index is 0.132. The number of thioether (sulfide) groups is 1. The number of nitrogens with one attached hydrogen (secondary N) is 1. The highest BCUT2D eigenvalue weighted by Crippen LogP contribution is 2.34. The second kappa shape index (κ2) is 9.30. The second-order valence-corrected chi connectivity index (χ2v) is 8.32. The number of carbonyl (C=O) groups is 1. The Morgan fingerprint density at radius 1 is 1.23 bits per heavy atom. The molecular weight excluding hydrogens is 416 g/mol. The third-order valence-corrected chi connectivity index (χ3v) is 5.93. The highest BCUT2D eigenvalue weighted by atomic mass is 32.2. The molecule has 2 heterocycles. The normalized spacial score (nSPS) is 13.1. The number of aryl methyl sites for hydroxylation is 1. The number of ether oxygens (including phenoxy) is 3. The van der Waals surface area contributed by atoms with Crippen LogP contribution in [0.15, 0.2) is 47.6 Å². The minimum atomic E-state index is -0.370. The predicted octanol–water partition coefficient (Wildman–Crippen LogP) is 4.03. The number of para-hydroxylation sites is 1. The van der Waals surface area contributed by atoms with Gasteiger partial charge in [-0.2, -0.15) is 0 Å². The fourth-order valence-electron chi connectivity index (χ4n) is 3.12. The van der Waals surface area contributed by atoms with Crippen molar-refractivity contribution in [2.75, 3.05) is 12.1 Å². The monoisotopic (exact) mass is 440 g/mol. The first-order valence-corrected chi connectivity index (χ1v) is 10.9. The third kappa shape index (κ3) is 4.77. The predicted molar refractivity (Wildman–Crippen MR) is 118 cm³/mol. The lowest BCUT2D eigenvalue weighted by Crippen LogP contribution is -2.23. The Hall–Kier alpha value is -3.20. The van der Waals surface area contributed by atoms with Crippen LogP contribution >= 0.6 is 11.8 Å². The summed E-state index contributed by atoms with van der Waals surface area (Å²) in [6.45, 7) is 7.04. The number of nitrogens with zero attached hydrogens (tertiary/aromatic N) is 3. The van der Waals surface area contributed by atoms with Gasteiger partial charge in [0, 0.05) is 18.3 Å². The summed E-state index contributed by atoms with van der Waals surface area (Å²) in [5, 5.41) is 11.8. The van der Waals surface area contributed by atoms with E-state index in [4.69, 9.17) is 14.2 Å². The molecule has 0 unspecified atom stereocenters. The number of hydrogen-bond donors (Lipinski definition) is 1. The molecule has 0 radical (unpaired) electrons. The van der Waals surface area contributed by atoms with Crippen molar-refractivity contribution >= 4 is 23.4 Å². The van der Waals surface area contributed by atoms with E-state index in [1.807, 2.05) is 49.6 Å². The van der Waals surface area contributed by atoms with E-state index in [-0.39, 0.29) is 18.0 Å². The minimum Gasteiger partial charge on any atom is -0.485 e. The summed E-state index contributed by atoms with van der Waals surface area (Å²) >= 11 is 1.36. The zero-order valence-corrected chi connectivity index (χ0v) is 18.4. The number of rotatable bonds is 8. The molecular formula is C22H24N4O4S.